The van der Waals surface area contributed by atoms with Gasteiger partial charge >= 0.3 is 0 Å². The highest BCUT2D eigenvalue weighted by atomic mass is 35.5. The molecule has 11 heteroatoms. The Morgan fingerprint density at radius 3 is 2.69 bits per heavy atom. The number of pyridine rings is 1. The molecule has 2 aromatic heterocycles. The van der Waals surface area contributed by atoms with Gasteiger partial charge in [0.1, 0.15) is 6.29 Å². The third-order valence-corrected chi connectivity index (χ3v) is 9.66. The van der Waals surface area contributed by atoms with Crippen molar-refractivity contribution in [3.05, 3.63) is 42.7 Å². The molecule has 0 amide bonds. The number of rotatable bonds is 3. The molecule has 4 atom stereocenters. The molecule has 2 aliphatic heterocycles. The maximum atomic E-state index is 12.6. The summed E-state index contributed by atoms with van der Waals surface area (Å²) in [5, 5.41) is 2.98. The Morgan fingerprint density at radius 2 is 2.03 bits per heavy atom. The van der Waals surface area contributed by atoms with Crippen LogP contribution in [0.4, 0.5) is 0 Å². The van der Waals surface area contributed by atoms with E-state index in [1.54, 1.807) is 18.6 Å². The lowest BCUT2D eigenvalue weighted by Gasteiger charge is -2.48. The molecule has 2 unspecified atom stereocenters. The van der Waals surface area contributed by atoms with Crippen LogP contribution in [-0.2, 0) is 10.0 Å². The minimum Gasteiger partial charge on any atom is -0.443 e. The van der Waals surface area contributed by atoms with Gasteiger partial charge in [0, 0.05) is 41.0 Å². The maximum Gasteiger partial charge on any atom is 0.218 e. The molecule has 4 rings (SSSR count). The predicted molar refractivity (Wildman–Crippen MR) is 114 cm³/mol. The lowest BCUT2D eigenvalue weighted by molar-refractivity contribution is 0.206. The van der Waals surface area contributed by atoms with Gasteiger partial charge in [-0.3, -0.25) is 10.3 Å². The molecular formula is C18H22ClN5O3S2. The monoisotopic (exact) mass is 455 g/mol. The van der Waals surface area contributed by atoms with Crippen LogP contribution in [0.25, 0.3) is 16.2 Å². The number of halogens is 1. The largest absolute Gasteiger partial charge is 0.443 e. The summed E-state index contributed by atoms with van der Waals surface area (Å²) in [6.07, 6.45) is 7.59. The fourth-order valence-electron chi connectivity index (χ4n) is 3.86. The molecule has 0 aromatic carbocycles. The highest BCUT2D eigenvalue weighted by Gasteiger charge is 2.54. The standard InChI is InChI=1S/C18H22ClN5O3S2/c1-17(19)5-14(12-4-11(6-21-7-12)13-8-22-10-27-13)28-15(17)18(2)9-29(25,26)24(3)16(20)23-18/h4-8,10,15-16,23H,9,20H2,1-3H3/t15?,16-,17?,18-/m0/s1. The van der Waals surface area contributed by atoms with Crippen molar-refractivity contribution in [2.45, 2.75) is 35.8 Å². The van der Waals surface area contributed by atoms with Crippen LogP contribution < -0.4 is 11.1 Å². The molecule has 0 bridgehead atoms. The minimum atomic E-state index is -3.51. The highest BCUT2D eigenvalue weighted by molar-refractivity contribution is 8.09. The molecule has 156 valence electrons. The summed E-state index contributed by atoms with van der Waals surface area (Å²) in [6.45, 7) is 3.74. The summed E-state index contributed by atoms with van der Waals surface area (Å²) in [5.74, 6) is 0.524. The van der Waals surface area contributed by atoms with Crippen molar-refractivity contribution in [1.29, 1.82) is 0 Å². The Labute approximate surface area is 179 Å². The second-order valence-electron chi connectivity index (χ2n) is 7.76. The van der Waals surface area contributed by atoms with Crippen LogP contribution in [-0.4, -0.2) is 57.4 Å². The Kier molecular flexibility index (Phi) is 5.08. The summed E-state index contributed by atoms with van der Waals surface area (Å²) < 4.78 is 31.7. The average Bonchev–Trinajstić information content (AvgIpc) is 3.27. The van der Waals surface area contributed by atoms with Gasteiger partial charge in [0.2, 0.25) is 10.0 Å². The number of aromatic nitrogens is 2. The number of nitrogens with two attached hydrogens (primary N) is 1. The molecule has 0 radical (unpaired) electrons. The second kappa shape index (κ2) is 7.07. The van der Waals surface area contributed by atoms with Crippen LogP contribution in [0.5, 0.6) is 0 Å². The lowest BCUT2D eigenvalue weighted by Crippen LogP contribution is -2.72. The van der Waals surface area contributed by atoms with Gasteiger partial charge in [-0.2, -0.15) is 4.31 Å². The number of oxazole rings is 1. The predicted octanol–water partition coefficient (Wildman–Crippen LogP) is 2.06. The second-order valence-corrected chi connectivity index (χ2v) is 11.8. The first-order valence-corrected chi connectivity index (χ1v) is 11.8. The zero-order chi connectivity index (χ0) is 21.0. The van der Waals surface area contributed by atoms with E-state index in [4.69, 9.17) is 21.8 Å². The summed E-state index contributed by atoms with van der Waals surface area (Å²) in [6, 6.07) is 1.95. The normalized spacial score (nSPS) is 34.9. The van der Waals surface area contributed by atoms with E-state index in [0.29, 0.717) is 5.76 Å². The van der Waals surface area contributed by atoms with Crippen molar-refractivity contribution in [2.24, 2.45) is 5.73 Å². The van der Waals surface area contributed by atoms with E-state index in [9.17, 15) is 8.42 Å². The van der Waals surface area contributed by atoms with Crippen LogP contribution in [0, 0.1) is 0 Å². The van der Waals surface area contributed by atoms with Crippen LogP contribution in [0.15, 0.2) is 41.5 Å². The smallest absolute Gasteiger partial charge is 0.218 e. The number of nitrogens with zero attached hydrogens (tertiary/aromatic N) is 3. The molecule has 8 nitrogen and oxygen atoms in total. The van der Waals surface area contributed by atoms with Gasteiger partial charge in [-0.05, 0) is 26.0 Å². The van der Waals surface area contributed by atoms with E-state index in [2.05, 4.69) is 15.3 Å². The van der Waals surface area contributed by atoms with Gasteiger partial charge in [-0.1, -0.05) is 0 Å². The summed E-state index contributed by atoms with van der Waals surface area (Å²) >= 11 is 8.41. The third-order valence-electron chi connectivity index (χ3n) is 5.28. The van der Waals surface area contributed by atoms with Crippen LogP contribution in [0.1, 0.15) is 19.4 Å². The molecule has 1 fully saturated rings. The number of nitrogens with one attached hydrogen (secondary N) is 1. The van der Waals surface area contributed by atoms with Crippen molar-refractivity contribution < 1.29 is 12.8 Å². The van der Waals surface area contributed by atoms with Gasteiger partial charge in [-0.25, -0.2) is 13.4 Å². The topological polar surface area (TPSA) is 114 Å². The van der Waals surface area contributed by atoms with Crippen LogP contribution in [0.3, 0.4) is 0 Å². The van der Waals surface area contributed by atoms with E-state index in [-0.39, 0.29) is 11.0 Å². The molecular weight excluding hydrogens is 434 g/mol. The number of thioether (sulfide) groups is 1. The zero-order valence-corrected chi connectivity index (χ0v) is 18.6. The fourth-order valence-corrected chi connectivity index (χ4v) is 7.64. The molecule has 29 heavy (non-hydrogen) atoms. The number of allylic oxidation sites excluding steroid dienone is 1. The number of hydrogen-bond acceptors (Lipinski definition) is 8. The fraction of sp³-hybridized carbons (Fsp3) is 0.444. The Bertz CT molecular complexity index is 1060. The molecule has 2 aliphatic rings. The van der Waals surface area contributed by atoms with Crippen molar-refractivity contribution >= 4 is 38.3 Å². The van der Waals surface area contributed by atoms with Crippen LogP contribution >= 0.6 is 23.4 Å². The van der Waals surface area contributed by atoms with Crippen molar-refractivity contribution in [3.63, 3.8) is 0 Å². The van der Waals surface area contributed by atoms with E-state index in [1.165, 1.54) is 25.2 Å². The zero-order valence-electron chi connectivity index (χ0n) is 16.2. The number of hydrogen-bond donors (Lipinski definition) is 2. The van der Waals surface area contributed by atoms with Crippen molar-refractivity contribution in [3.8, 4) is 11.3 Å². The van der Waals surface area contributed by atoms with E-state index < -0.39 is 26.7 Å². The van der Waals surface area contributed by atoms with Gasteiger partial charge < -0.3 is 10.2 Å². The van der Waals surface area contributed by atoms with Gasteiger partial charge in [0.15, 0.2) is 12.2 Å². The molecule has 1 saturated heterocycles. The molecule has 0 aliphatic carbocycles. The highest BCUT2D eigenvalue weighted by Crippen LogP contribution is 2.52. The van der Waals surface area contributed by atoms with E-state index in [0.717, 1.165) is 20.3 Å². The van der Waals surface area contributed by atoms with E-state index >= 15 is 0 Å². The number of sulfonamides is 1. The van der Waals surface area contributed by atoms with E-state index in [1.807, 2.05) is 26.0 Å². The van der Waals surface area contributed by atoms with Crippen molar-refractivity contribution in [1.82, 2.24) is 19.6 Å². The maximum absolute atomic E-state index is 12.6. The molecule has 0 spiro atoms. The van der Waals surface area contributed by atoms with Crippen molar-refractivity contribution in [2.75, 3.05) is 12.8 Å². The first kappa shape index (κ1) is 20.8. The summed E-state index contributed by atoms with van der Waals surface area (Å²) in [5.41, 5.74) is 6.90. The van der Waals surface area contributed by atoms with Crippen LogP contribution in [0.2, 0.25) is 0 Å². The number of alkyl halides is 1. The Morgan fingerprint density at radius 1 is 1.31 bits per heavy atom. The first-order valence-electron chi connectivity index (χ1n) is 8.94. The van der Waals surface area contributed by atoms with Gasteiger partial charge in [0.25, 0.3) is 0 Å². The minimum absolute atomic E-state index is 0.0956. The molecule has 0 saturated carbocycles. The summed E-state index contributed by atoms with van der Waals surface area (Å²) in [4.78, 5) is 8.39. The molecule has 3 N–H and O–H groups in total. The first-order chi connectivity index (χ1) is 13.5. The van der Waals surface area contributed by atoms with Gasteiger partial charge in [0.05, 0.1) is 22.1 Å². The quantitative estimate of drug-likeness (QED) is 0.676. The SMILES string of the molecule is CN1[C@@H](N)N[C@](C)(C2SC(c3cncc(-c4cnco4)c3)=CC2(C)Cl)CS1(=O)=O. The Balaban J connectivity index is 1.65. The lowest BCUT2D eigenvalue weighted by atomic mass is 9.89. The molecule has 2 aromatic rings. The average molecular weight is 456 g/mol. The van der Waals surface area contributed by atoms with Gasteiger partial charge in [-0.15, -0.1) is 23.4 Å². The summed E-state index contributed by atoms with van der Waals surface area (Å²) in [7, 11) is -2.03. The third kappa shape index (κ3) is 3.73. The Hall–Kier alpha value is -1.43. The molecule has 4 heterocycles.